The summed E-state index contributed by atoms with van der Waals surface area (Å²) in [6.45, 7) is 0.0908. The Bertz CT molecular complexity index is 396. The summed E-state index contributed by atoms with van der Waals surface area (Å²) < 4.78 is 30.5. The highest BCUT2D eigenvalue weighted by Crippen LogP contribution is 2.28. The molecule has 0 aromatic rings. The van der Waals surface area contributed by atoms with Crippen LogP contribution in [-0.4, -0.2) is 38.5 Å². The van der Waals surface area contributed by atoms with Gasteiger partial charge in [0, 0.05) is 19.0 Å². The molecule has 0 aromatic heterocycles. The van der Waals surface area contributed by atoms with E-state index in [1.165, 1.54) is 0 Å². The summed E-state index contributed by atoms with van der Waals surface area (Å²) in [6, 6.07) is 1.77. The molecule has 1 saturated carbocycles. The molecule has 0 radical (unpaired) electrons. The lowest BCUT2D eigenvalue weighted by atomic mass is 10.4. The predicted octanol–water partition coefficient (Wildman–Crippen LogP) is -0.0347. The molecule has 1 fully saturated rings. The van der Waals surface area contributed by atoms with Gasteiger partial charge in [-0.3, -0.25) is 0 Å². The van der Waals surface area contributed by atoms with Gasteiger partial charge in [-0.25, -0.2) is 9.52 Å². The zero-order chi connectivity index (χ0) is 12.2. The van der Waals surface area contributed by atoms with Gasteiger partial charge in [-0.1, -0.05) is 0 Å². The molecule has 0 atom stereocenters. The summed E-state index contributed by atoms with van der Waals surface area (Å²) >= 11 is 0. The highest BCUT2D eigenvalue weighted by atomic mass is 32.2. The topological polar surface area (TPSA) is 99.5 Å². The van der Waals surface area contributed by atoms with E-state index in [4.69, 9.17) is 5.26 Å². The van der Waals surface area contributed by atoms with Crippen LogP contribution in [0.25, 0.3) is 0 Å². The molecule has 0 aromatic carbocycles. The van der Waals surface area contributed by atoms with E-state index in [1.54, 1.807) is 4.72 Å². The highest BCUT2D eigenvalue weighted by Gasteiger charge is 2.37. The Morgan fingerprint density at radius 1 is 1.62 bits per heavy atom. The smallest absolute Gasteiger partial charge is 0.421 e. The normalized spacial score (nSPS) is 15.6. The lowest BCUT2D eigenvalue weighted by Gasteiger charge is -2.20. The van der Waals surface area contributed by atoms with Crippen molar-refractivity contribution in [3.63, 3.8) is 0 Å². The maximum absolute atomic E-state index is 11.7. The first kappa shape index (κ1) is 12.7. The second-order valence-electron chi connectivity index (χ2n) is 3.35. The Labute approximate surface area is 94.2 Å². The molecule has 0 spiro atoms. The Hall–Kier alpha value is -1.33. The van der Waals surface area contributed by atoms with Crippen molar-refractivity contribution < 1.29 is 17.9 Å². The second-order valence-corrected chi connectivity index (χ2v) is 4.97. The fourth-order valence-electron chi connectivity index (χ4n) is 1.23. The van der Waals surface area contributed by atoms with Gasteiger partial charge in [0.2, 0.25) is 0 Å². The van der Waals surface area contributed by atoms with E-state index >= 15 is 0 Å². The minimum Gasteiger partial charge on any atom is -0.452 e. The second kappa shape index (κ2) is 5.14. The van der Waals surface area contributed by atoms with Crippen molar-refractivity contribution in [2.75, 3.05) is 13.7 Å². The largest absolute Gasteiger partial charge is 0.452 e. The molecule has 0 unspecified atom stereocenters. The third-order valence-electron chi connectivity index (χ3n) is 2.10. The first-order valence-corrected chi connectivity index (χ1v) is 6.19. The van der Waals surface area contributed by atoms with Gasteiger partial charge in [-0.2, -0.15) is 18.0 Å². The molecular formula is C8H13N3O4S. The van der Waals surface area contributed by atoms with Crippen molar-refractivity contribution in [2.24, 2.45) is 0 Å². The quantitative estimate of drug-likeness (QED) is 0.735. The number of rotatable bonds is 5. The van der Waals surface area contributed by atoms with Crippen LogP contribution in [0.2, 0.25) is 0 Å². The molecule has 0 saturated heterocycles. The Kier molecular flexibility index (Phi) is 4.09. The molecule has 1 rings (SSSR count). The Balaban J connectivity index is 2.68. The van der Waals surface area contributed by atoms with Crippen LogP contribution in [-0.2, 0) is 14.9 Å². The highest BCUT2D eigenvalue weighted by molar-refractivity contribution is 7.87. The van der Waals surface area contributed by atoms with Crippen molar-refractivity contribution in [3.05, 3.63) is 0 Å². The van der Waals surface area contributed by atoms with E-state index < -0.39 is 16.3 Å². The van der Waals surface area contributed by atoms with Crippen LogP contribution in [0.1, 0.15) is 19.3 Å². The SMILES string of the molecule is COC(=O)NS(=O)(=O)N(CCC#N)C1CC1. The molecule has 0 aliphatic heterocycles. The molecule has 1 amide bonds. The van der Waals surface area contributed by atoms with Crippen LogP contribution in [0, 0.1) is 11.3 Å². The number of hydrogen-bond acceptors (Lipinski definition) is 5. The number of amides is 1. The average molecular weight is 247 g/mol. The van der Waals surface area contributed by atoms with Gasteiger partial charge >= 0.3 is 16.3 Å². The number of carbonyl (C=O) groups is 1. The van der Waals surface area contributed by atoms with Gasteiger partial charge in [-0.05, 0) is 12.8 Å². The van der Waals surface area contributed by atoms with E-state index in [1.807, 2.05) is 6.07 Å². The number of nitrogens with one attached hydrogen (secondary N) is 1. The summed E-state index contributed by atoms with van der Waals surface area (Å²) in [5.74, 6) is 0. The van der Waals surface area contributed by atoms with Gasteiger partial charge in [0.05, 0.1) is 13.2 Å². The standard InChI is InChI=1S/C8H13N3O4S/c1-15-8(12)10-16(13,14)11(6-2-5-9)7-3-4-7/h7H,2-4,6H2,1H3,(H,10,12). The fourth-order valence-corrected chi connectivity index (χ4v) is 2.57. The Morgan fingerprint density at radius 3 is 2.69 bits per heavy atom. The molecule has 1 N–H and O–H groups in total. The number of nitrogens with zero attached hydrogens (tertiary/aromatic N) is 2. The maximum atomic E-state index is 11.7. The van der Waals surface area contributed by atoms with Crippen LogP contribution in [0.3, 0.4) is 0 Å². The molecule has 90 valence electrons. The molecule has 16 heavy (non-hydrogen) atoms. The molecule has 8 heteroatoms. The van der Waals surface area contributed by atoms with Gasteiger partial charge < -0.3 is 4.74 Å². The van der Waals surface area contributed by atoms with Gasteiger partial charge in [0.1, 0.15) is 0 Å². The van der Waals surface area contributed by atoms with Crippen LogP contribution in [0.4, 0.5) is 4.79 Å². The lowest BCUT2D eigenvalue weighted by Crippen LogP contribution is -2.45. The van der Waals surface area contributed by atoms with Gasteiger partial charge in [0.25, 0.3) is 0 Å². The van der Waals surface area contributed by atoms with E-state index in [-0.39, 0.29) is 19.0 Å². The predicted molar refractivity (Wildman–Crippen MR) is 54.4 cm³/mol. The Morgan fingerprint density at radius 2 is 2.25 bits per heavy atom. The fraction of sp³-hybridized carbons (Fsp3) is 0.750. The van der Waals surface area contributed by atoms with Crippen LogP contribution >= 0.6 is 0 Å². The molecule has 1 aliphatic carbocycles. The van der Waals surface area contributed by atoms with Crippen molar-refractivity contribution in [2.45, 2.75) is 25.3 Å². The molecule has 0 bridgehead atoms. The van der Waals surface area contributed by atoms with Crippen LogP contribution in [0.5, 0.6) is 0 Å². The van der Waals surface area contributed by atoms with Gasteiger partial charge in [-0.15, -0.1) is 0 Å². The summed E-state index contributed by atoms with van der Waals surface area (Å²) in [5.41, 5.74) is 0. The van der Waals surface area contributed by atoms with Crippen molar-refractivity contribution in [1.29, 1.82) is 5.26 Å². The van der Waals surface area contributed by atoms with Crippen molar-refractivity contribution >= 4 is 16.3 Å². The lowest BCUT2D eigenvalue weighted by molar-refractivity contribution is 0.177. The minimum absolute atomic E-state index is 0.0908. The number of methoxy groups -OCH3 is 1. The zero-order valence-corrected chi connectivity index (χ0v) is 9.66. The number of hydrogen-bond donors (Lipinski definition) is 1. The summed E-state index contributed by atoms with van der Waals surface area (Å²) in [5, 5.41) is 8.43. The number of nitriles is 1. The molecule has 0 heterocycles. The van der Waals surface area contributed by atoms with E-state index in [0.717, 1.165) is 24.3 Å². The third kappa shape index (κ3) is 3.36. The van der Waals surface area contributed by atoms with Crippen molar-refractivity contribution in [3.8, 4) is 6.07 Å². The summed E-state index contributed by atoms with van der Waals surface area (Å²) in [4.78, 5) is 10.8. The van der Waals surface area contributed by atoms with Crippen LogP contribution in [0.15, 0.2) is 0 Å². The summed E-state index contributed by atoms with van der Waals surface area (Å²) in [7, 11) is -2.80. The number of carbonyl (C=O) groups excluding carboxylic acids is 1. The minimum atomic E-state index is -3.89. The zero-order valence-electron chi connectivity index (χ0n) is 8.84. The van der Waals surface area contributed by atoms with E-state index in [0.29, 0.717) is 0 Å². The average Bonchev–Trinajstić information content (AvgIpc) is 3.01. The number of ether oxygens (including phenoxy) is 1. The first-order valence-electron chi connectivity index (χ1n) is 4.75. The van der Waals surface area contributed by atoms with Crippen molar-refractivity contribution in [1.82, 2.24) is 9.03 Å². The third-order valence-corrected chi connectivity index (χ3v) is 3.63. The summed E-state index contributed by atoms with van der Waals surface area (Å²) in [6.07, 6.45) is 0.585. The van der Waals surface area contributed by atoms with Crippen LogP contribution < -0.4 is 4.72 Å². The van der Waals surface area contributed by atoms with E-state index in [2.05, 4.69) is 4.74 Å². The maximum Gasteiger partial charge on any atom is 0.421 e. The van der Waals surface area contributed by atoms with E-state index in [9.17, 15) is 13.2 Å². The van der Waals surface area contributed by atoms with Gasteiger partial charge in [0.15, 0.2) is 0 Å². The molecule has 1 aliphatic rings. The first-order chi connectivity index (χ1) is 7.51. The molecular weight excluding hydrogens is 234 g/mol. The monoisotopic (exact) mass is 247 g/mol. The molecule has 7 nitrogen and oxygen atoms in total.